The fraction of sp³-hybridized carbons (Fsp3) is 0.214. The van der Waals surface area contributed by atoms with E-state index in [4.69, 9.17) is 5.73 Å². The highest BCUT2D eigenvalue weighted by Crippen LogP contribution is 2.17. The molecule has 1 atom stereocenters. The van der Waals surface area contributed by atoms with Gasteiger partial charge in [0.1, 0.15) is 0 Å². The number of nitrogens with two attached hydrogens (primary N) is 1. The Morgan fingerprint density at radius 2 is 1.94 bits per heavy atom. The summed E-state index contributed by atoms with van der Waals surface area (Å²) in [6, 6.07) is 9.44. The van der Waals surface area contributed by atoms with Crippen molar-refractivity contribution < 1.29 is 4.21 Å². The molecule has 1 unspecified atom stereocenters. The predicted molar refractivity (Wildman–Crippen MR) is 74.8 cm³/mol. The maximum atomic E-state index is 12.2. The first kappa shape index (κ1) is 12.8. The second-order valence-electron chi connectivity index (χ2n) is 4.18. The van der Waals surface area contributed by atoms with Gasteiger partial charge in [-0.3, -0.25) is 9.19 Å². The predicted octanol–water partition coefficient (Wildman–Crippen LogP) is 2.32. The molecule has 1 aromatic heterocycles. The van der Waals surface area contributed by atoms with Crippen molar-refractivity contribution in [1.29, 1.82) is 0 Å². The molecule has 1 aromatic carbocycles. The third-order valence-corrected chi connectivity index (χ3v) is 4.29. The van der Waals surface area contributed by atoms with Crippen LogP contribution in [0.15, 0.2) is 47.6 Å². The van der Waals surface area contributed by atoms with E-state index in [9.17, 15) is 4.21 Å². The van der Waals surface area contributed by atoms with E-state index in [0.29, 0.717) is 11.4 Å². The molecule has 0 bridgehead atoms. The molecule has 94 valence electrons. The standard InChI is InChI=1S/C14H16N2OS/c1-11-2-3-13(15)10-14(11)18(17)9-6-12-4-7-16-8-5-12/h2-5,7-8,10H,6,9,15H2,1H3. The Morgan fingerprint density at radius 1 is 1.22 bits per heavy atom. The van der Waals surface area contributed by atoms with Crippen molar-refractivity contribution in [2.45, 2.75) is 18.2 Å². The van der Waals surface area contributed by atoms with Gasteiger partial charge < -0.3 is 5.73 Å². The van der Waals surface area contributed by atoms with Crippen LogP contribution in [0.4, 0.5) is 5.69 Å². The second kappa shape index (κ2) is 5.78. The minimum atomic E-state index is -1.01. The Labute approximate surface area is 110 Å². The molecule has 0 fully saturated rings. The zero-order chi connectivity index (χ0) is 13.0. The molecule has 2 rings (SSSR count). The van der Waals surface area contributed by atoms with E-state index in [2.05, 4.69) is 4.98 Å². The molecule has 2 N–H and O–H groups in total. The summed E-state index contributed by atoms with van der Waals surface area (Å²) in [4.78, 5) is 4.80. The van der Waals surface area contributed by atoms with Gasteiger partial charge in [-0.25, -0.2) is 0 Å². The summed E-state index contributed by atoms with van der Waals surface area (Å²) in [5.41, 5.74) is 8.57. The zero-order valence-electron chi connectivity index (χ0n) is 10.3. The average molecular weight is 260 g/mol. The molecule has 2 aromatic rings. The topological polar surface area (TPSA) is 56.0 Å². The SMILES string of the molecule is Cc1ccc(N)cc1S(=O)CCc1ccncc1. The lowest BCUT2D eigenvalue weighted by molar-refractivity contribution is 0.682. The molecule has 4 heteroatoms. The van der Waals surface area contributed by atoms with Crippen molar-refractivity contribution in [3.05, 3.63) is 53.9 Å². The maximum Gasteiger partial charge on any atom is 0.0536 e. The van der Waals surface area contributed by atoms with E-state index in [1.165, 1.54) is 0 Å². The molecule has 1 heterocycles. The van der Waals surface area contributed by atoms with Gasteiger partial charge in [0.05, 0.1) is 10.8 Å². The first-order chi connectivity index (χ1) is 8.66. The summed E-state index contributed by atoms with van der Waals surface area (Å²) in [6.07, 6.45) is 4.29. The van der Waals surface area contributed by atoms with Gasteiger partial charge in [-0.2, -0.15) is 0 Å². The smallest absolute Gasteiger partial charge is 0.0536 e. The van der Waals surface area contributed by atoms with Crippen LogP contribution in [-0.4, -0.2) is 14.9 Å². The van der Waals surface area contributed by atoms with Crippen LogP contribution >= 0.6 is 0 Å². The number of benzene rings is 1. The third kappa shape index (κ3) is 3.17. The van der Waals surface area contributed by atoms with E-state index in [0.717, 1.165) is 22.4 Å². The highest BCUT2D eigenvalue weighted by Gasteiger charge is 2.08. The van der Waals surface area contributed by atoms with E-state index >= 15 is 0 Å². The first-order valence-electron chi connectivity index (χ1n) is 5.80. The lowest BCUT2D eigenvalue weighted by Gasteiger charge is -2.07. The van der Waals surface area contributed by atoms with Gasteiger partial charge >= 0.3 is 0 Å². The number of aromatic nitrogens is 1. The number of hydrogen-bond donors (Lipinski definition) is 1. The quantitative estimate of drug-likeness (QED) is 0.858. The Morgan fingerprint density at radius 3 is 2.67 bits per heavy atom. The molecular formula is C14H16N2OS. The van der Waals surface area contributed by atoms with Crippen molar-refractivity contribution >= 4 is 16.5 Å². The number of pyridine rings is 1. The zero-order valence-corrected chi connectivity index (χ0v) is 11.1. The fourth-order valence-electron chi connectivity index (χ4n) is 1.73. The Hall–Kier alpha value is -1.68. The first-order valence-corrected chi connectivity index (χ1v) is 7.12. The van der Waals surface area contributed by atoms with Crippen molar-refractivity contribution in [2.24, 2.45) is 0 Å². The monoisotopic (exact) mass is 260 g/mol. The maximum absolute atomic E-state index is 12.2. The summed E-state index contributed by atoms with van der Waals surface area (Å²) in [5, 5.41) is 0. The van der Waals surface area contributed by atoms with Crippen LogP contribution in [-0.2, 0) is 17.2 Å². The highest BCUT2D eigenvalue weighted by molar-refractivity contribution is 7.85. The molecule has 0 radical (unpaired) electrons. The van der Waals surface area contributed by atoms with Crippen molar-refractivity contribution in [1.82, 2.24) is 4.98 Å². The Bertz CT molecular complexity index is 555. The van der Waals surface area contributed by atoms with Gasteiger partial charge in [0, 0.05) is 28.7 Å². The number of aryl methyl sites for hydroxylation is 2. The summed E-state index contributed by atoms with van der Waals surface area (Å²) < 4.78 is 12.2. The van der Waals surface area contributed by atoms with Crippen molar-refractivity contribution in [3.8, 4) is 0 Å². The normalized spacial score (nSPS) is 12.3. The largest absolute Gasteiger partial charge is 0.399 e. The van der Waals surface area contributed by atoms with E-state index in [1.54, 1.807) is 18.5 Å². The van der Waals surface area contributed by atoms with Gasteiger partial charge in [0.2, 0.25) is 0 Å². The molecule has 0 spiro atoms. The van der Waals surface area contributed by atoms with Crippen molar-refractivity contribution in [2.75, 3.05) is 11.5 Å². The van der Waals surface area contributed by atoms with Crippen LogP contribution in [0.25, 0.3) is 0 Å². The van der Waals surface area contributed by atoms with Crippen LogP contribution in [0.1, 0.15) is 11.1 Å². The molecule has 0 amide bonds. The summed E-state index contributed by atoms with van der Waals surface area (Å²) in [6.45, 7) is 1.96. The van der Waals surface area contributed by atoms with Crippen LogP contribution in [0.3, 0.4) is 0 Å². The lowest BCUT2D eigenvalue weighted by Crippen LogP contribution is -2.04. The van der Waals surface area contributed by atoms with Gasteiger partial charge in [0.15, 0.2) is 0 Å². The van der Waals surface area contributed by atoms with Crippen LogP contribution < -0.4 is 5.73 Å². The summed E-state index contributed by atoms with van der Waals surface area (Å²) in [7, 11) is -1.01. The Balaban J connectivity index is 2.06. The lowest BCUT2D eigenvalue weighted by atomic mass is 10.2. The molecular weight excluding hydrogens is 244 g/mol. The molecule has 0 aliphatic carbocycles. The molecule has 0 saturated carbocycles. The molecule has 3 nitrogen and oxygen atoms in total. The van der Waals surface area contributed by atoms with Crippen LogP contribution in [0.2, 0.25) is 0 Å². The summed E-state index contributed by atoms with van der Waals surface area (Å²) in [5.74, 6) is 0.605. The van der Waals surface area contributed by atoms with E-state index in [-0.39, 0.29) is 0 Å². The average Bonchev–Trinajstić information content (AvgIpc) is 2.40. The minimum absolute atomic E-state index is 0.605. The van der Waals surface area contributed by atoms with Gasteiger partial charge in [0.25, 0.3) is 0 Å². The van der Waals surface area contributed by atoms with E-state index in [1.807, 2.05) is 31.2 Å². The number of nitrogens with zero attached hydrogens (tertiary/aromatic N) is 1. The summed E-state index contributed by atoms with van der Waals surface area (Å²) >= 11 is 0. The molecule has 18 heavy (non-hydrogen) atoms. The van der Waals surface area contributed by atoms with E-state index < -0.39 is 10.8 Å². The number of anilines is 1. The molecule has 0 saturated heterocycles. The third-order valence-electron chi connectivity index (χ3n) is 2.78. The Kier molecular flexibility index (Phi) is 4.10. The fourth-order valence-corrected chi connectivity index (χ4v) is 3.07. The van der Waals surface area contributed by atoms with Gasteiger partial charge in [-0.1, -0.05) is 6.07 Å². The molecule has 0 aliphatic rings. The van der Waals surface area contributed by atoms with Crippen molar-refractivity contribution in [3.63, 3.8) is 0 Å². The van der Waals surface area contributed by atoms with Gasteiger partial charge in [-0.15, -0.1) is 0 Å². The number of nitrogen functional groups attached to an aromatic ring is 1. The van der Waals surface area contributed by atoms with Crippen LogP contribution in [0.5, 0.6) is 0 Å². The minimum Gasteiger partial charge on any atom is -0.399 e. The number of rotatable bonds is 4. The van der Waals surface area contributed by atoms with Gasteiger partial charge in [-0.05, 0) is 48.7 Å². The van der Waals surface area contributed by atoms with Crippen LogP contribution in [0, 0.1) is 6.92 Å². The molecule has 0 aliphatic heterocycles. The number of hydrogen-bond acceptors (Lipinski definition) is 3. The highest BCUT2D eigenvalue weighted by atomic mass is 32.2. The second-order valence-corrected chi connectivity index (χ2v) is 5.72.